The molecule has 88 valence electrons. The molecule has 1 amide bonds. The molecule has 2 unspecified atom stereocenters. The summed E-state index contributed by atoms with van der Waals surface area (Å²) < 4.78 is 0. The first-order valence-electron chi connectivity index (χ1n) is 5.67. The van der Waals surface area contributed by atoms with Crippen LogP contribution in [-0.4, -0.2) is 48.2 Å². The van der Waals surface area contributed by atoms with Crippen molar-refractivity contribution in [2.45, 2.75) is 38.8 Å². The number of nitrogens with one attached hydrogen (secondary N) is 1. The van der Waals surface area contributed by atoms with Gasteiger partial charge in [0.2, 0.25) is 5.91 Å². The first-order chi connectivity index (χ1) is 7.00. The van der Waals surface area contributed by atoms with Crippen LogP contribution in [0.25, 0.3) is 0 Å². The van der Waals surface area contributed by atoms with Gasteiger partial charge in [-0.05, 0) is 18.8 Å². The molecule has 1 rings (SSSR count). The van der Waals surface area contributed by atoms with Crippen molar-refractivity contribution in [2.75, 3.05) is 20.1 Å². The molecular weight excluding hydrogens is 192 g/mol. The number of hydrogen-bond acceptors (Lipinski definition) is 3. The Labute approximate surface area is 91.6 Å². The third-order valence-electron chi connectivity index (χ3n) is 2.77. The van der Waals surface area contributed by atoms with Crippen molar-refractivity contribution >= 4 is 5.91 Å². The maximum Gasteiger partial charge on any atom is 0.239 e. The number of likely N-dealkylation sites (tertiary alicyclic amines) is 1. The lowest BCUT2D eigenvalue weighted by atomic mass is 10.1. The zero-order chi connectivity index (χ0) is 11.4. The van der Waals surface area contributed by atoms with E-state index in [0.29, 0.717) is 12.5 Å². The van der Waals surface area contributed by atoms with E-state index in [1.54, 1.807) is 4.90 Å². The van der Waals surface area contributed by atoms with Gasteiger partial charge in [0.25, 0.3) is 0 Å². The first kappa shape index (κ1) is 12.5. The molecule has 4 nitrogen and oxygen atoms in total. The van der Waals surface area contributed by atoms with E-state index in [2.05, 4.69) is 19.2 Å². The van der Waals surface area contributed by atoms with Crippen molar-refractivity contribution in [3.8, 4) is 0 Å². The van der Waals surface area contributed by atoms with E-state index in [0.717, 1.165) is 19.4 Å². The third kappa shape index (κ3) is 3.80. The fraction of sp³-hybridized carbons (Fsp3) is 0.909. The molecule has 2 atom stereocenters. The quantitative estimate of drug-likeness (QED) is 0.688. The van der Waals surface area contributed by atoms with Gasteiger partial charge in [-0.15, -0.1) is 0 Å². The van der Waals surface area contributed by atoms with Gasteiger partial charge in [0.05, 0.1) is 12.1 Å². The summed E-state index contributed by atoms with van der Waals surface area (Å²) in [6.07, 6.45) is 1.29. The molecule has 0 saturated carbocycles. The summed E-state index contributed by atoms with van der Waals surface area (Å²) in [5, 5.41) is 12.8. The lowest BCUT2D eigenvalue weighted by Crippen LogP contribution is -2.41. The number of rotatable bonds is 5. The van der Waals surface area contributed by atoms with E-state index in [4.69, 9.17) is 0 Å². The topological polar surface area (TPSA) is 52.6 Å². The molecule has 0 aromatic rings. The van der Waals surface area contributed by atoms with Crippen molar-refractivity contribution in [1.82, 2.24) is 10.2 Å². The lowest BCUT2D eigenvalue weighted by molar-refractivity contribution is -0.128. The van der Waals surface area contributed by atoms with Crippen LogP contribution in [0.1, 0.15) is 26.7 Å². The monoisotopic (exact) mass is 214 g/mol. The second kappa shape index (κ2) is 5.47. The highest BCUT2D eigenvalue weighted by Crippen LogP contribution is 2.09. The number of hydrogen-bond donors (Lipinski definition) is 2. The standard InChI is InChI=1S/C11H22N2O2/c1-8(2)6-9(14)7-12-10-4-5-13(3)11(10)15/h8-10,12,14H,4-7H2,1-3H3. The summed E-state index contributed by atoms with van der Waals surface area (Å²) in [7, 11) is 1.81. The van der Waals surface area contributed by atoms with Crippen LogP contribution in [-0.2, 0) is 4.79 Å². The molecule has 0 aromatic carbocycles. The van der Waals surface area contributed by atoms with Crippen LogP contribution in [0.15, 0.2) is 0 Å². The van der Waals surface area contributed by atoms with Gasteiger partial charge >= 0.3 is 0 Å². The highest BCUT2D eigenvalue weighted by molar-refractivity contribution is 5.83. The Morgan fingerprint density at radius 2 is 2.27 bits per heavy atom. The van der Waals surface area contributed by atoms with Gasteiger partial charge in [-0.3, -0.25) is 4.79 Å². The van der Waals surface area contributed by atoms with Gasteiger partial charge in [0.1, 0.15) is 0 Å². The minimum absolute atomic E-state index is 0.0863. The van der Waals surface area contributed by atoms with Crippen molar-refractivity contribution in [1.29, 1.82) is 0 Å². The molecule has 4 heteroatoms. The number of aliphatic hydroxyl groups excluding tert-OH is 1. The van der Waals surface area contributed by atoms with Gasteiger partial charge in [-0.2, -0.15) is 0 Å². The summed E-state index contributed by atoms with van der Waals surface area (Å²) in [6.45, 7) is 5.49. The summed E-state index contributed by atoms with van der Waals surface area (Å²) in [4.78, 5) is 13.3. The number of carbonyl (C=O) groups is 1. The third-order valence-corrected chi connectivity index (χ3v) is 2.77. The summed E-state index contributed by atoms with van der Waals surface area (Å²) >= 11 is 0. The molecule has 0 aliphatic carbocycles. The van der Waals surface area contributed by atoms with Crippen molar-refractivity contribution < 1.29 is 9.90 Å². The van der Waals surface area contributed by atoms with E-state index < -0.39 is 0 Å². The average molecular weight is 214 g/mol. The zero-order valence-corrected chi connectivity index (χ0v) is 9.86. The van der Waals surface area contributed by atoms with E-state index in [-0.39, 0.29) is 18.1 Å². The second-order valence-electron chi connectivity index (χ2n) is 4.79. The SMILES string of the molecule is CC(C)CC(O)CNC1CCN(C)C1=O. The van der Waals surface area contributed by atoms with Crippen molar-refractivity contribution in [3.05, 3.63) is 0 Å². The fourth-order valence-corrected chi connectivity index (χ4v) is 1.92. The first-order valence-corrected chi connectivity index (χ1v) is 5.67. The van der Waals surface area contributed by atoms with E-state index in [1.807, 2.05) is 7.05 Å². The van der Waals surface area contributed by atoms with E-state index >= 15 is 0 Å². The van der Waals surface area contributed by atoms with Gasteiger partial charge in [-0.1, -0.05) is 13.8 Å². The smallest absolute Gasteiger partial charge is 0.239 e. The highest BCUT2D eigenvalue weighted by Gasteiger charge is 2.28. The molecule has 1 aliphatic heterocycles. The Morgan fingerprint density at radius 1 is 1.60 bits per heavy atom. The number of carbonyl (C=O) groups excluding carboxylic acids is 1. The number of aliphatic hydroxyl groups is 1. The van der Waals surface area contributed by atoms with Crippen LogP contribution in [0.3, 0.4) is 0 Å². The molecule has 0 spiro atoms. The van der Waals surface area contributed by atoms with E-state index in [9.17, 15) is 9.90 Å². The predicted molar refractivity (Wildman–Crippen MR) is 59.5 cm³/mol. The molecule has 2 N–H and O–H groups in total. The summed E-state index contributed by atoms with van der Waals surface area (Å²) in [5.74, 6) is 0.635. The normalized spacial score (nSPS) is 23.9. The Balaban J connectivity index is 2.23. The van der Waals surface area contributed by atoms with Crippen LogP contribution < -0.4 is 5.32 Å². The summed E-state index contributed by atoms with van der Waals surface area (Å²) in [6, 6.07) is -0.0863. The van der Waals surface area contributed by atoms with Crippen LogP contribution in [0.4, 0.5) is 0 Å². The largest absolute Gasteiger partial charge is 0.392 e. The average Bonchev–Trinajstić information content (AvgIpc) is 2.44. The van der Waals surface area contributed by atoms with Crippen LogP contribution >= 0.6 is 0 Å². The van der Waals surface area contributed by atoms with Crippen molar-refractivity contribution in [3.63, 3.8) is 0 Å². The number of likely N-dealkylation sites (N-methyl/N-ethyl adjacent to an activating group) is 1. The number of nitrogens with zero attached hydrogens (tertiary/aromatic N) is 1. The molecule has 1 saturated heterocycles. The minimum Gasteiger partial charge on any atom is -0.392 e. The van der Waals surface area contributed by atoms with Crippen LogP contribution in [0, 0.1) is 5.92 Å². The van der Waals surface area contributed by atoms with Gasteiger partial charge in [0.15, 0.2) is 0 Å². The van der Waals surface area contributed by atoms with Gasteiger partial charge in [-0.25, -0.2) is 0 Å². The van der Waals surface area contributed by atoms with E-state index in [1.165, 1.54) is 0 Å². The molecule has 0 bridgehead atoms. The van der Waals surface area contributed by atoms with Gasteiger partial charge in [0, 0.05) is 20.1 Å². The van der Waals surface area contributed by atoms with Gasteiger partial charge < -0.3 is 15.3 Å². The maximum absolute atomic E-state index is 11.5. The Bertz CT molecular complexity index is 219. The lowest BCUT2D eigenvalue weighted by Gasteiger charge is -2.17. The molecule has 1 aliphatic rings. The maximum atomic E-state index is 11.5. The molecule has 15 heavy (non-hydrogen) atoms. The molecule has 1 fully saturated rings. The molecule has 0 aromatic heterocycles. The Morgan fingerprint density at radius 3 is 2.73 bits per heavy atom. The van der Waals surface area contributed by atoms with Crippen molar-refractivity contribution in [2.24, 2.45) is 5.92 Å². The Hall–Kier alpha value is -0.610. The molecule has 0 radical (unpaired) electrons. The number of amides is 1. The van der Waals surface area contributed by atoms with Crippen LogP contribution in [0.5, 0.6) is 0 Å². The van der Waals surface area contributed by atoms with Crippen LogP contribution in [0.2, 0.25) is 0 Å². The predicted octanol–water partition coefficient (Wildman–Crippen LogP) is 0.214. The Kier molecular flexibility index (Phi) is 4.54. The minimum atomic E-state index is -0.344. The highest BCUT2D eigenvalue weighted by atomic mass is 16.3. The molecule has 1 heterocycles. The zero-order valence-electron chi connectivity index (χ0n) is 9.86. The fourth-order valence-electron chi connectivity index (χ4n) is 1.92. The molecular formula is C11H22N2O2. The second-order valence-corrected chi connectivity index (χ2v) is 4.79. The summed E-state index contributed by atoms with van der Waals surface area (Å²) in [5.41, 5.74) is 0.